The topological polar surface area (TPSA) is 58.1 Å². The van der Waals surface area contributed by atoms with Gasteiger partial charge >= 0.3 is 0 Å². The van der Waals surface area contributed by atoms with Crippen molar-refractivity contribution in [3.05, 3.63) is 51.5 Å². The number of aliphatic hydroxyl groups is 1. The molecule has 2 heterocycles. The van der Waals surface area contributed by atoms with Gasteiger partial charge in [-0.1, -0.05) is 23.2 Å². The molecule has 1 unspecified atom stereocenters. The van der Waals surface area contributed by atoms with E-state index in [2.05, 4.69) is 14.8 Å². The number of fused-ring (bicyclic) bond motifs is 1. The van der Waals surface area contributed by atoms with E-state index < -0.39 is 12.3 Å². The van der Waals surface area contributed by atoms with E-state index in [-0.39, 0.29) is 0 Å². The van der Waals surface area contributed by atoms with Crippen molar-refractivity contribution in [3.63, 3.8) is 0 Å². The monoisotopic (exact) mass is 495 g/mol. The van der Waals surface area contributed by atoms with Crippen LogP contribution < -0.4 is 9.47 Å². The van der Waals surface area contributed by atoms with Gasteiger partial charge in [-0.3, -0.25) is 9.80 Å². The van der Waals surface area contributed by atoms with Gasteiger partial charge in [-0.2, -0.15) is 0 Å². The molecular formula is C23H27Cl2N3O3S. The molecule has 0 amide bonds. The maximum Gasteiger partial charge on any atom is 0.178 e. The first-order chi connectivity index (χ1) is 15.4. The molecule has 4 rings (SSSR count). The molecule has 0 saturated carbocycles. The second-order valence-corrected chi connectivity index (χ2v) is 10.1. The van der Waals surface area contributed by atoms with Gasteiger partial charge in [-0.25, -0.2) is 4.98 Å². The minimum atomic E-state index is -0.620. The lowest BCUT2D eigenvalue weighted by Crippen LogP contribution is -2.55. The molecule has 3 aromatic rings. The van der Waals surface area contributed by atoms with E-state index in [0.717, 1.165) is 53.7 Å². The van der Waals surface area contributed by atoms with Gasteiger partial charge in [0.25, 0.3) is 0 Å². The van der Waals surface area contributed by atoms with Gasteiger partial charge in [-0.05, 0) is 44.2 Å². The summed E-state index contributed by atoms with van der Waals surface area (Å²) in [7, 11) is 0. The van der Waals surface area contributed by atoms with Crippen molar-refractivity contribution >= 4 is 44.8 Å². The molecule has 6 nitrogen and oxygen atoms in total. The summed E-state index contributed by atoms with van der Waals surface area (Å²) >= 11 is 13.7. The van der Waals surface area contributed by atoms with Crippen LogP contribution in [0.5, 0.6) is 11.5 Å². The Morgan fingerprint density at radius 3 is 2.47 bits per heavy atom. The van der Waals surface area contributed by atoms with Gasteiger partial charge in [0, 0.05) is 48.8 Å². The zero-order valence-electron chi connectivity index (χ0n) is 18.1. The van der Waals surface area contributed by atoms with Crippen LogP contribution in [-0.4, -0.2) is 71.6 Å². The number of halogens is 2. The molecular weight excluding hydrogens is 469 g/mol. The van der Waals surface area contributed by atoms with Gasteiger partial charge in [-0.15, -0.1) is 11.3 Å². The van der Waals surface area contributed by atoms with Crippen molar-refractivity contribution in [2.45, 2.75) is 26.2 Å². The minimum Gasteiger partial charge on any atom is -0.492 e. The smallest absolute Gasteiger partial charge is 0.178 e. The van der Waals surface area contributed by atoms with Crippen LogP contribution in [0.4, 0.5) is 0 Å². The summed E-state index contributed by atoms with van der Waals surface area (Å²) in [6.07, 6.45) is -1.02. The van der Waals surface area contributed by atoms with Crippen molar-refractivity contribution in [3.8, 4) is 11.5 Å². The summed E-state index contributed by atoms with van der Waals surface area (Å²) in [5, 5.41) is 12.5. The van der Waals surface area contributed by atoms with Crippen LogP contribution in [0.1, 0.15) is 11.9 Å². The number of benzene rings is 2. The summed E-state index contributed by atoms with van der Waals surface area (Å²) in [5.74, 6) is 1.40. The number of aliphatic hydroxyl groups excluding tert-OH is 1. The number of ether oxygens (including phenoxy) is 2. The summed E-state index contributed by atoms with van der Waals surface area (Å²) in [6.45, 7) is 8.48. The second kappa shape index (κ2) is 10.5. The Morgan fingerprint density at radius 1 is 1.06 bits per heavy atom. The van der Waals surface area contributed by atoms with Crippen LogP contribution in [-0.2, 0) is 0 Å². The van der Waals surface area contributed by atoms with Crippen molar-refractivity contribution in [1.82, 2.24) is 14.8 Å². The first-order valence-electron chi connectivity index (χ1n) is 10.6. The van der Waals surface area contributed by atoms with Crippen molar-refractivity contribution < 1.29 is 14.6 Å². The number of hydrogen-bond acceptors (Lipinski definition) is 7. The van der Waals surface area contributed by atoms with Gasteiger partial charge in [0.15, 0.2) is 6.23 Å². The van der Waals surface area contributed by atoms with Gasteiger partial charge in [0.2, 0.25) is 0 Å². The average Bonchev–Trinajstić information content (AvgIpc) is 3.11. The first kappa shape index (κ1) is 23.5. The SMILES string of the molecule is Cc1nc2cc(OC([C@@H](C)O)N3CCN(CCOc4cc(Cl)cc(Cl)c4)CC3)ccc2s1. The Balaban J connectivity index is 1.28. The third-order valence-electron chi connectivity index (χ3n) is 5.41. The zero-order chi connectivity index (χ0) is 22.7. The molecule has 2 atom stereocenters. The average molecular weight is 496 g/mol. The van der Waals surface area contributed by atoms with Crippen LogP contribution in [0.3, 0.4) is 0 Å². The third kappa shape index (κ3) is 6.04. The number of nitrogens with zero attached hydrogens (tertiary/aromatic N) is 3. The summed E-state index contributed by atoms with van der Waals surface area (Å²) < 4.78 is 13.1. The molecule has 172 valence electrons. The molecule has 0 aliphatic carbocycles. The van der Waals surface area contributed by atoms with Gasteiger partial charge in [0.1, 0.15) is 24.2 Å². The lowest BCUT2D eigenvalue weighted by atomic mass is 10.2. The quantitative estimate of drug-likeness (QED) is 0.488. The predicted molar refractivity (Wildman–Crippen MR) is 130 cm³/mol. The highest BCUT2D eigenvalue weighted by Gasteiger charge is 2.28. The fourth-order valence-corrected chi connectivity index (χ4v) is 5.17. The van der Waals surface area contributed by atoms with Crippen LogP contribution in [0.25, 0.3) is 10.2 Å². The van der Waals surface area contributed by atoms with Crippen LogP contribution in [0.2, 0.25) is 10.0 Å². The number of thiazole rings is 1. The standard InChI is InChI=1S/C23H27Cl2N3O3S/c1-15(29)23(31-19-3-4-22-21(14-19)26-16(2)32-22)28-7-5-27(6-8-28)9-10-30-20-12-17(24)11-18(25)13-20/h3-4,11-15,23,29H,5-10H2,1-2H3/t15-,23?/m1/s1. The lowest BCUT2D eigenvalue weighted by molar-refractivity contribution is -0.0749. The maximum absolute atomic E-state index is 10.4. The van der Waals surface area contributed by atoms with Crippen molar-refractivity contribution in [2.75, 3.05) is 39.3 Å². The van der Waals surface area contributed by atoms with Crippen molar-refractivity contribution in [1.29, 1.82) is 0 Å². The van der Waals surface area contributed by atoms with Gasteiger partial charge in [0.05, 0.1) is 15.2 Å². The molecule has 1 aliphatic rings. The van der Waals surface area contributed by atoms with E-state index in [1.165, 1.54) is 0 Å². The number of rotatable bonds is 8. The van der Waals surface area contributed by atoms with Gasteiger partial charge < -0.3 is 14.6 Å². The Bertz CT molecular complexity index is 1030. The summed E-state index contributed by atoms with van der Waals surface area (Å²) in [4.78, 5) is 9.07. The molecule has 0 radical (unpaired) electrons. The van der Waals surface area contributed by atoms with Crippen LogP contribution in [0, 0.1) is 6.92 Å². The molecule has 2 aromatic carbocycles. The highest BCUT2D eigenvalue weighted by molar-refractivity contribution is 7.18. The Kier molecular flexibility index (Phi) is 7.76. The number of aromatic nitrogens is 1. The first-order valence-corrected chi connectivity index (χ1v) is 12.2. The highest BCUT2D eigenvalue weighted by Crippen LogP contribution is 2.27. The normalized spacial score (nSPS) is 17.4. The number of piperazine rings is 1. The lowest BCUT2D eigenvalue weighted by Gasteiger charge is -2.40. The Labute approximate surface area is 202 Å². The minimum absolute atomic E-state index is 0.404. The molecule has 0 bridgehead atoms. The van der Waals surface area contributed by atoms with E-state index in [1.54, 1.807) is 36.5 Å². The molecule has 1 aromatic heterocycles. The van der Waals surface area contributed by atoms with E-state index in [4.69, 9.17) is 32.7 Å². The Hall–Kier alpha value is -1.61. The zero-order valence-corrected chi connectivity index (χ0v) is 20.5. The van der Waals surface area contributed by atoms with Crippen LogP contribution in [0.15, 0.2) is 36.4 Å². The fourth-order valence-electron chi connectivity index (χ4n) is 3.86. The second-order valence-electron chi connectivity index (χ2n) is 7.94. The molecule has 1 fully saturated rings. The predicted octanol–water partition coefficient (Wildman–Crippen LogP) is 4.69. The molecule has 32 heavy (non-hydrogen) atoms. The highest BCUT2D eigenvalue weighted by atomic mass is 35.5. The molecule has 1 saturated heterocycles. The number of aryl methyl sites for hydroxylation is 1. The summed E-state index contributed by atoms with van der Waals surface area (Å²) in [5.41, 5.74) is 0.931. The molecule has 1 aliphatic heterocycles. The van der Waals surface area contributed by atoms with E-state index in [1.807, 2.05) is 25.1 Å². The molecule has 9 heteroatoms. The van der Waals surface area contributed by atoms with E-state index >= 15 is 0 Å². The maximum atomic E-state index is 10.4. The van der Waals surface area contributed by atoms with E-state index in [9.17, 15) is 5.11 Å². The fraction of sp³-hybridized carbons (Fsp3) is 0.435. The summed E-state index contributed by atoms with van der Waals surface area (Å²) in [6, 6.07) is 11.1. The van der Waals surface area contributed by atoms with Crippen molar-refractivity contribution in [2.24, 2.45) is 0 Å². The Morgan fingerprint density at radius 2 is 1.78 bits per heavy atom. The van der Waals surface area contributed by atoms with E-state index in [0.29, 0.717) is 22.4 Å². The largest absolute Gasteiger partial charge is 0.492 e. The van der Waals surface area contributed by atoms with Crippen LogP contribution >= 0.6 is 34.5 Å². The third-order valence-corrected chi connectivity index (χ3v) is 6.80. The molecule has 1 N–H and O–H groups in total. The molecule has 0 spiro atoms. The number of hydrogen-bond donors (Lipinski definition) is 1.